The van der Waals surface area contributed by atoms with Crippen molar-refractivity contribution in [2.75, 3.05) is 0 Å². The summed E-state index contributed by atoms with van der Waals surface area (Å²) in [4.78, 5) is 15.0. The van der Waals surface area contributed by atoms with Crippen LogP contribution in [0.3, 0.4) is 0 Å². The Hall–Kier alpha value is -1.90. The number of imidazole rings is 1. The fourth-order valence-electron chi connectivity index (χ4n) is 1.77. The monoisotopic (exact) mass is 214 g/mol. The Morgan fingerprint density at radius 3 is 2.88 bits per heavy atom. The minimum absolute atomic E-state index is 0.738. The van der Waals surface area contributed by atoms with E-state index < -0.39 is 0 Å². The van der Waals surface area contributed by atoms with E-state index in [9.17, 15) is 4.79 Å². The topological polar surface area (TPSA) is 34.9 Å². The van der Waals surface area contributed by atoms with Crippen molar-refractivity contribution in [3.8, 4) is 5.69 Å². The van der Waals surface area contributed by atoms with E-state index in [1.807, 2.05) is 35.9 Å². The Morgan fingerprint density at radius 2 is 2.25 bits per heavy atom. The Labute approximate surface area is 94.7 Å². The van der Waals surface area contributed by atoms with Crippen molar-refractivity contribution in [3.05, 3.63) is 47.5 Å². The maximum atomic E-state index is 10.7. The van der Waals surface area contributed by atoms with Gasteiger partial charge in [-0.3, -0.25) is 4.79 Å². The van der Waals surface area contributed by atoms with E-state index in [-0.39, 0.29) is 0 Å². The van der Waals surface area contributed by atoms with Gasteiger partial charge in [0, 0.05) is 30.1 Å². The van der Waals surface area contributed by atoms with Gasteiger partial charge in [0.05, 0.1) is 0 Å². The summed E-state index contributed by atoms with van der Waals surface area (Å²) in [6, 6.07) is 5.79. The molecule has 2 aromatic rings. The number of aldehydes is 1. The van der Waals surface area contributed by atoms with Crippen molar-refractivity contribution >= 4 is 6.29 Å². The normalized spacial score (nSPS) is 10.4. The molecular weight excluding hydrogens is 200 g/mol. The van der Waals surface area contributed by atoms with Gasteiger partial charge in [0.2, 0.25) is 0 Å². The van der Waals surface area contributed by atoms with Crippen LogP contribution < -0.4 is 0 Å². The van der Waals surface area contributed by atoms with Crippen LogP contribution in [0.4, 0.5) is 0 Å². The minimum atomic E-state index is 0.738. The fourth-order valence-corrected chi connectivity index (χ4v) is 1.77. The fraction of sp³-hybridized carbons (Fsp3) is 0.231. The zero-order chi connectivity index (χ0) is 11.5. The average Bonchev–Trinajstić information content (AvgIpc) is 2.77. The number of nitrogens with zero attached hydrogens (tertiary/aromatic N) is 2. The van der Waals surface area contributed by atoms with Crippen molar-refractivity contribution in [3.63, 3.8) is 0 Å². The van der Waals surface area contributed by atoms with E-state index in [1.54, 1.807) is 6.20 Å². The van der Waals surface area contributed by atoms with Gasteiger partial charge in [0.15, 0.2) is 0 Å². The van der Waals surface area contributed by atoms with E-state index in [2.05, 4.69) is 11.9 Å². The standard InChI is InChI=1S/C13H14N2O/c1-3-13-14-6-7-15(13)12-5-4-11(9-16)10(2)8-12/h4-9H,3H2,1-2H3. The van der Waals surface area contributed by atoms with E-state index in [0.717, 1.165) is 35.3 Å². The number of hydrogen-bond acceptors (Lipinski definition) is 2. The molecule has 1 heterocycles. The number of aryl methyl sites for hydroxylation is 2. The summed E-state index contributed by atoms with van der Waals surface area (Å²) < 4.78 is 2.04. The average molecular weight is 214 g/mol. The van der Waals surface area contributed by atoms with Gasteiger partial charge in [-0.1, -0.05) is 6.92 Å². The molecule has 0 N–H and O–H groups in total. The van der Waals surface area contributed by atoms with E-state index in [4.69, 9.17) is 0 Å². The number of carbonyl (C=O) groups is 1. The highest BCUT2D eigenvalue weighted by Gasteiger charge is 2.04. The molecular formula is C13H14N2O. The number of benzene rings is 1. The smallest absolute Gasteiger partial charge is 0.150 e. The van der Waals surface area contributed by atoms with E-state index >= 15 is 0 Å². The van der Waals surface area contributed by atoms with E-state index in [0.29, 0.717) is 0 Å². The molecule has 0 aliphatic rings. The molecule has 0 atom stereocenters. The van der Waals surface area contributed by atoms with Crippen molar-refractivity contribution < 1.29 is 4.79 Å². The predicted molar refractivity (Wildman–Crippen MR) is 63.1 cm³/mol. The summed E-state index contributed by atoms with van der Waals surface area (Å²) in [6.45, 7) is 4.02. The van der Waals surface area contributed by atoms with Gasteiger partial charge < -0.3 is 4.57 Å². The number of rotatable bonds is 3. The van der Waals surface area contributed by atoms with Crippen molar-refractivity contribution in [1.82, 2.24) is 9.55 Å². The first-order valence-electron chi connectivity index (χ1n) is 5.34. The van der Waals surface area contributed by atoms with Crippen LogP contribution in [0, 0.1) is 6.92 Å². The highest BCUT2D eigenvalue weighted by molar-refractivity contribution is 5.77. The number of hydrogen-bond donors (Lipinski definition) is 0. The lowest BCUT2D eigenvalue weighted by atomic mass is 10.1. The summed E-state index contributed by atoms with van der Waals surface area (Å²) in [5, 5.41) is 0. The Balaban J connectivity index is 2.49. The molecule has 3 heteroatoms. The second kappa shape index (κ2) is 4.31. The van der Waals surface area contributed by atoms with Gasteiger partial charge >= 0.3 is 0 Å². The molecule has 0 spiro atoms. The molecule has 0 radical (unpaired) electrons. The molecule has 2 rings (SSSR count). The molecule has 16 heavy (non-hydrogen) atoms. The molecule has 0 saturated carbocycles. The molecule has 0 aliphatic carbocycles. The molecule has 0 unspecified atom stereocenters. The SMILES string of the molecule is CCc1nccn1-c1ccc(C=O)c(C)c1. The van der Waals surface area contributed by atoms with Crippen LogP contribution in [0.1, 0.15) is 28.7 Å². The molecule has 82 valence electrons. The summed E-state index contributed by atoms with van der Waals surface area (Å²) in [5.74, 6) is 1.03. The van der Waals surface area contributed by atoms with Crippen LogP contribution in [-0.4, -0.2) is 15.8 Å². The van der Waals surface area contributed by atoms with Gasteiger partial charge in [-0.15, -0.1) is 0 Å². The third kappa shape index (κ3) is 1.76. The number of aromatic nitrogens is 2. The maximum absolute atomic E-state index is 10.7. The highest BCUT2D eigenvalue weighted by atomic mass is 16.1. The van der Waals surface area contributed by atoms with Crippen LogP contribution >= 0.6 is 0 Å². The minimum Gasteiger partial charge on any atom is -0.304 e. The quantitative estimate of drug-likeness (QED) is 0.736. The van der Waals surface area contributed by atoms with Crippen LogP contribution in [-0.2, 0) is 6.42 Å². The van der Waals surface area contributed by atoms with E-state index in [1.165, 1.54) is 0 Å². The lowest BCUT2D eigenvalue weighted by Crippen LogP contribution is -2.00. The van der Waals surface area contributed by atoms with Gasteiger partial charge in [-0.2, -0.15) is 0 Å². The van der Waals surface area contributed by atoms with Gasteiger partial charge in [-0.25, -0.2) is 4.98 Å². The zero-order valence-electron chi connectivity index (χ0n) is 9.47. The summed E-state index contributed by atoms with van der Waals surface area (Å²) in [6.07, 6.45) is 5.51. The lowest BCUT2D eigenvalue weighted by molar-refractivity contribution is 0.112. The van der Waals surface area contributed by atoms with Crippen molar-refractivity contribution in [2.45, 2.75) is 20.3 Å². The van der Waals surface area contributed by atoms with Gasteiger partial charge in [-0.05, 0) is 30.7 Å². The maximum Gasteiger partial charge on any atom is 0.150 e. The second-order valence-corrected chi connectivity index (χ2v) is 3.73. The summed E-state index contributed by atoms with van der Waals surface area (Å²) in [7, 11) is 0. The zero-order valence-corrected chi connectivity index (χ0v) is 9.47. The third-order valence-electron chi connectivity index (χ3n) is 2.69. The third-order valence-corrected chi connectivity index (χ3v) is 2.69. The van der Waals surface area contributed by atoms with Gasteiger partial charge in [0.25, 0.3) is 0 Å². The highest BCUT2D eigenvalue weighted by Crippen LogP contribution is 2.15. The predicted octanol–water partition coefficient (Wildman–Crippen LogP) is 2.56. The molecule has 1 aromatic heterocycles. The molecule has 0 saturated heterocycles. The first-order valence-corrected chi connectivity index (χ1v) is 5.34. The number of carbonyl (C=O) groups excluding carboxylic acids is 1. The summed E-state index contributed by atoms with van der Waals surface area (Å²) >= 11 is 0. The largest absolute Gasteiger partial charge is 0.304 e. The van der Waals surface area contributed by atoms with Gasteiger partial charge in [0.1, 0.15) is 12.1 Å². The summed E-state index contributed by atoms with van der Waals surface area (Å²) in [5.41, 5.74) is 2.78. The van der Waals surface area contributed by atoms with Crippen LogP contribution in [0.2, 0.25) is 0 Å². The van der Waals surface area contributed by atoms with Crippen LogP contribution in [0.5, 0.6) is 0 Å². The van der Waals surface area contributed by atoms with Crippen LogP contribution in [0.15, 0.2) is 30.6 Å². The molecule has 1 aromatic carbocycles. The first-order chi connectivity index (χ1) is 7.76. The van der Waals surface area contributed by atoms with Crippen molar-refractivity contribution in [2.24, 2.45) is 0 Å². The molecule has 0 bridgehead atoms. The molecule has 0 amide bonds. The van der Waals surface area contributed by atoms with Crippen molar-refractivity contribution in [1.29, 1.82) is 0 Å². The Morgan fingerprint density at radius 1 is 1.44 bits per heavy atom. The van der Waals surface area contributed by atoms with Crippen LogP contribution in [0.25, 0.3) is 5.69 Å². The Kier molecular flexibility index (Phi) is 2.86. The molecule has 0 fully saturated rings. The Bertz CT molecular complexity index is 514. The molecule has 3 nitrogen and oxygen atoms in total. The lowest BCUT2D eigenvalue weighted by Gasteiger charge is -2.08. The second-order valence-electron chi connectivity index (χ2n) is 3.73. The molecule has 0 aliphatic heterocycles. The first kappa shape index (κ1) is 10.6.